The van der Waals surface area contributed by atoms with Crippen LogP contribution in [0.5, 0.6) is 0 Å². The summed E-state index contributed by atoms with van der Waals surface area (Å²) in [6.07, 6.45) is 2.87. The third kappa shape index (κ3) is 3.77. The second-order valence-electron chi connectivity index (χ2n) is 6.94. The van der Waals surface area contributed by atoms with Gasteiger partial charge in [0.25, 0.3) is 0 Å². The van der Waals surface area contributed by atoms with Gasteiger partial charge in [-0.2, -0.15) is 0 Å². The second-order valence-corrected chi connectivity index (χ2v) is 8.32. The molecule has 2 fully saturated rings. The van der Waals surface area contributed by atoms with Crippen molar-refractivity contribution in [3.05, 3.63) is 0 Å². The first-order chi connectivity index (χ1) is 10.4. The highest BCUT2D eigenvalue weighted by molar-refractivity contribution is 8.01. The summed E-state index contributed by atoms with van der Waals surface area (Å²) in [5.41, 5.74) is 0. The van der Waals surface area contributed by atoms with Crippen molar-refractivity contribution in [2.45, 2.75) is 50.9 Å². The monoisotopic (exact) mass is 327 g/mol. The molecule has 1 unspecified atom stereocenters. The Morgan fingerprint density at radius 1 is 1.32 bits per heavy atom. The van der Waals surface area contributed by atoms with Gasteiger partial charge in [0.2, 0.25) is 11.8 Å². The first-order valence-corrected chi connectivity index (χ1v) is 9.24. The Balaban J connectivity index is 2.03. The van der Waals surface area contributed by atoms with Gasteiger partial charge in [0.15, 0.2) is 0 Å². The molecule has 2 amide bonds. The number of amides is 2. The van der Waals surface area contributed by atoms with Crippen molar-refractivity contribution in [3.63, 3.8) is 0 Å². The Morgan fingerprint density at radius 3 is 2.50 bits per heavy atom. The van der Waals surface area contributed by atoms with Crippen molar-refractivity contribution in [2.24, 2.45) is 5.92 Å². The van der Waals surface area contributed by atoms with Crippen molar-refractivity contribution in [3.8, 4) is 0 Å². The highest BCUT2D eigenvalue weighted by Gasteiger charge is 2.51. The molecular formula is C16H29N3O2S. The zero-order valence-electron chi connectivity index (χ0n) is 14.2. The Morgan fingerprint density at radius 2 is 1.95 bits per heavy atom. The molecule has 22 heavy (non-hydrogen) atoms. The molecule has 0 radical (unpaired) electrons. The number of nitrogens with zero attached hydrogens (tertiary/aromatic N) is 2. The normalized spacial score (nSPS) is 25.0. The van der Waals surface area contributed by atoms with Crippen LogP contribution in [0.3, 0.4) is 0 Å². The fourth-order valence-electron chi connectivity index (χ4n) is 3.32. The lowest BCUT2D eigenvalue weighted by Gasteiger charge is -2.44. The molecule has 5 nitrogen and oxygen atoms in total. The maximum absolute atomic E-state index is 12.5. The fraction of sp³-hybridized carbons (Fsp3) is 0.875. The topological polar surface area (TPSA) is 52.7 Å². The molecule has 0 aromatic carbocycles. The van der Waals surface area contributed by atoms with Gasteiger partial charge in [-0.1, -0.05) is 13.8 Å². The van der Waals surface area contributed by atoms with E-state index < -0.39 is 0 Å². The molecule has 1 atom stereocenters. The molecule has 0 bridgehead atoms. The third-order valence-corrected chi connectivity index (χ3v) is 6.32. The van der Waals surface area contributed by atoms with Crippen LogP contribution >= 0.6 is 11.8 Å². The van der Waals surface area contributed by atoms with E-state index in [-0.39, 0.29) is 22.7 Å². The Kier molecular flexibility index (Phi) is 5.77. The fourth-order valence-corrected chi connectivity index (χ4v) is 4.95. The molecule has 2 heterocycles. The summed E-state index contributed by atoms with van der Waals surface area (Å²) in [6.45, 7) is 8.55. The zero-order chi connectivity index (χ0) is 16.3. The van der Waals surface area contributed by atoms with E-state index in [1.807, 2.05) is 4.90 Å². The Labute approximate surface area is 138 Å². The van der Waals surface area contributed by atoms with Crippen molar-refractivity contribution in [1.82, 2.24) is 15.1 Å². The van der Waals surface area contributed by atoms with Gasteiger partial charge in [-0.25, -0.2) is 0 Å². The van der Waals surface area contributed by atoms with E-state index in [0.717, 1.165) is 38.1 Å². The van der Waals surface area contributed by atoms with Crippen LogP contribution < -0.4 is 5.32 Å². The highest BCUT2D eigenvalue weighted by Crippen LogP contribution is 2.46. The molecule has 126 valence electrons. The van der Waals surface area contributed by atoms with Crippen LogP contribution in [0.15, 0.2) is 0 Å². The minimum atomic E-state index is -0.307. The molecule has 2 saturated heterocycles. The maximum Gasteiger partial charge on any atom is 0.243 e. The molecular weight excluding hydrogens is 298 g/mol. The quantitative estimate of drug-likeness (QED) is 0.851. The van der Waals surface area contributed by atoms with Crippen LogP contribution in [0.1, 0.15) is 40.0 Å². The minimum absolute atomic E-state index is 0.0131. The van der Waals surface area contributed by atoms with Crippen LogP contribution in [-0.4, -0.2) is 65.0 Å². The average molecular weight is 327 g/mol. The summed E-state index contributed by atoms with van der Waals surface area (Å²) in [5, 5.41) is 3.01. The van der Waals surface area contributed by atoms with E-state index in [1.54, 1.807) is 18.7 Å². The van der Waals surface area contributed by atoms with E-state index in [4.69, 9.17) is 0 Å². The van der Waals surface area contributed by atoms with Gasteiger partial charge in [-0.15, -0.1) is 11.8 Å². The lowest BCUT2D eigenvalue weighted by molar-refractivity contribution is -0.142. The number of carbonyl (C=O) groups excluding carboxylic acids is 2. The van der Waals surface area contributed by atoms with Crippen LogP contribution in [0, 0.1) is 5.92 Å². The number of nitrogens with one attached hydrogen (secondary N) is 1. The number of thioether (sulfide) groups is 1. The molecule has 2 aliphatic rings. The minimum Gasteiger partial charge on any atom is -0.354 e. The number of piperidine rings is 1. The Hall–Kier alpha value is -0.750. The van der Waals surface area contributed by atoms with Crippen molar-refractivity contribution in [2.75, 3.05) is 32.4 Å². The standard InChI is InChI=1S/C16H29N3O2S/c1-12(2)5-8-17-15(21)14-11-22-16(19(14)13(3)20)6-9-18(4)10-7-16/h12,14H,5-11H2,1-4H3,(H,17,21). The number of rotatable bonds is 4. The largest absolute Gasteiger partial charge is 0.354 e. The molecule has 0 saturated carbocycles. The van der Waals surface area contributed by atoms with Gasteiger partial charge in [-0.3, -0.25) is 9.59 Å². The summed E-state index contributed by atoms with van der Waals surface area (Å²) in [5.74, 6) is 1.33. The average Bonchev–Trinajstić information content (AvgIpc) is 2.81. The number of hydrogen-bond donors (Lipinski definition) is 1. The SMILES string of the molecule is CC(=O)N1C(C(=O)NCCC(C)C)CSC12CCN(C)CC2. The maximum atomic E-state index is 12.5. The zero-order valence-corrected chi connectivity index (χ0v) is 15.0. The second kappa shape index (κ2) is 7.21. The highest BCUT2D eigenvalue weighted by atomic mass is 32.2. The van der Waals surface area contributed by atoms with Gasteiger partial charge < -0.3 is 15.1 Å². The van der Waals surface area contributed by atoms with Crippen LogP contribution in [0.25, 0.3) is 0 Å². The lowest BCUT2D eigenvalue weighted by atomic mass is 10.0. The third-order valence-electron chi connectivity index (χ3n) is 4.69. The van der Waals surface area contributed by atoms with Crippen molar-refractivity contribution < 1.29 is 9.59 Å². The predicted octanol–water partition coefficient (Wildman–Crippen LogP) is 1.53. The lowest BCUT2D eigenvalue weighted by Crippen LogP contribution is -2.57. The molecule has 6 heteroatoms. The number of carbonyl (C=O) groups is 2. The summed E-state index contributed by atoms with van der Waals surface area (Å²) in [6, 6.07) is -0.307. The predicted molar refractivity (Wildman–Crippen MR) is 90.7 cm³/mol. The molecule has 1 N–H and O–H groups in total. The first-order valence-electron chi connectivity index (χ1n) is 8.26. The van der Waals surface area contributed by atoms with E-state index in [0.29, 0.717) is 12.5 Å². The molecule has 0 aromatic rings. The van der Waals surface area contributed by atoms with Crippen LogP contribution in [0.2, 0.25) is 0 Å². The van der Waals surface area contributed by atoms with Gasteiger partial charge in [0, 0.05) is 32.3 Å². The van der Waals surface area contributed by atoms with E-state index in [1.165, 1.54) is 0 Å². The summed E-state index contributed by atoms with van der Waals surface area (Å²) >= 11 is 1.80. The van der Waals surface area contributed by atoms with E-state index in [2.05, 4.69) is 31.1 Å². The van der Waals surface area contributed by atoms with Crippen molar-refractivity contribution in [1.29, 1.82) is 0 Å². The molecule has 2 aliphatic heterocycles. The smallest absolute Gasteiger partial charge is 0.243 e. The first kappa shape index (κ1) is 17.6. The summed E-state index contributed by atoms with van der Waals surface area (Å²) in [7, 11) is 2.11. The number of likely N-dealkylation sites (tertiary alicyclic amines) is 1. The molecule has 2 rings (SSSR count). The van der Waals surface area contributed by atoms with Gasteiger partial charge >= 0.3 is 0 Å². The van der Waals surface area contributed by atoms with Crippen LogP contribution in [0.4, 0.5) is 0 Å². The summed E-state index contributed by atoms with van der Waals surface area (Å²) < 4.78 is 0. The van der Waals surface area contributed by atoms with E-state index >= 15 is 0 Å². The van der Waals surface area contributed by atoms with E-state index in [9.17, 15) is 9.59 Å². The number of hydrogen-bond acceptors (Lipinski definition) is 4. The summed E-state index contributed by atoms with van der Waals surface area (Å²) in [4.78, 5) is 28.7. The molecule has 0 aromatic heterocycles. The molecule has 1 spiro atoms. The van der Waals surface area contributed by atoms with Gasteiger partial charge in [-0.05, 0) is 32.2 Å². The van der Waals surface area contributed by atoms with Crippen LogP contribution in [-0.2, 0) is 9.59 Å². The van der Waals surface area contributed by atoms with Crippen molar-refractivity contribution >= 4 is 23.6 Å². The molecule has 0 aliphatic carbocycles. The van der Waals surface area contributed by atoms with Gasteiger partial charge in [0.05, 0.1) is 4.87 Å². The van der Waals surface area contributed by atoms with Gasteiger partial charge in [0.1, 0.15) is 6.04 Å². The Bertz CT molecular complexity index is 420.